The second kappa shape index (κ2) is 7.57. The highest BCUT2D eigenvalue weighted by atomic mass is 79.9. The summed E-state index contributed by atoms with van der Waals surface area (Å²) in [6, 6.07) is 0.693. The molecule has 1 aliphatic carbocycles. The Labute approximate surface area is 130 Å². The maximum Gasteiger partial charge on any atom is 0.0767 e. The SMILES string of the molecule is CCc1nn(CC)c(CN(CCCO)C2CCC2)c1Br. The molecule has 114 valence electrons. The number of aromatic nitrogens is 2. The van der Waals surface area contributed by atoms with Gasteiger partial charge in [-0.05, 0) is 48.5 Å². The van der Waals surface area contributed by atoms with Crippen LogP contribution in [-0.2, 0) is 19.5 Å². The van der Waals surface area contributed by atoms with Crippen LogP contribution in [0.4, 0.5) is 0 Å². The van der Waals surface area contributed by atoms with Crippen molar-refractivity contribution in [2.45, 2.75) is 65.1 Å². The van der Waals surface area contributed by atoms with Gasteiger partial charge < -0.3 is 5.11 Å². The van der Waals surface area contributed by atoms with Gasteiger partial charge >= 0.3 is 0 Å². The maximum atomic E-state index is 9.10. The van der Waals surface area contributed by atoms with Gasteiger partial charge in [-0.1, -0.05) is 13.3 Å². The van der Waals surface area contributed by atoms with Gasteiger partial charge in [0.1, 0.15) is 0 Å². The summed E-state index contributed by atoms with van der Waals surface area (Å²) in [5, 5.41) is 13.8. The van der Waals surface area contributed by atoms with Crippen LogP contribution < -0.4 is 0 Å². The van der Waals surface area contributed by atoms with Gasteiger partial charge in [-0.25, -0.2) is 0 Å². The number of nitrogens with zero attached hydrogens (tertiary/aromatic N) is 3. The second-order valence-corrected chi connectivity index (χ2v) is 6.30. The van der Waals surface area contributed by atoms with Crippen LogP contribution in [0.25, 0.3) is 0 Å². The van der Waals surface area contributed by atoms with Crippen molar-refractivity contribution < 1.29 is 5.11 Å². The fourth-order valence-corrected chi connectivity index (χ4v) is 3.47. The quantitative estimate of drug-likeness (QED) is 0.788. The summed E-state index contributed by atoms with van der Waals surface area (Å²) < 4.78 is 3.29. The van der Waals surface area contributed by atoms with Crippen LogP contribution in [0.3, 0.4) is 0 Å². The van der Waals surface area contributed by atoms with E-state index in [2.05, 4.69) is 44.5 Å². The summed E-state index contributed by atoms with van der Waals surface area (Å²) in [6.45, 7) is 7.39. The predicted octanol–water partition coefficient (Wildman–Crippen LogP) is 2.96. The van der Waals surface area contributed by atoms with Crippen LogP contribution in [-0.4, -0.2) is 39.0 Å². The molecule has 1 aromatic heterocycles. The standard InChI is InChI=1S/C15H26BrN3O/c1-3-13-15(16)14(19(4-2)17-13)11-18(9-6-10-20)12-7-5-8-12/h12,20H,3-11H2,1-2H3. The first-order chi connectivity index (χ1) is 9.71. The third kappa shape index (κ3) is 3.43. The summed E-state index contributed by atoms with van der Waals surface area (Å²) in [4.78, 5) is 2.52. The normalized spacial score (nSPS) is 15.8. The first-order valence-electron chi connectivity index (χ1n) is 7.80. The molecule has 4 nitrogen and oxygen atoms in total. The van der Waals surface area contributed by atoms with Gasteiger partial charge in [0.2, 0.25) is 0 Å². The van der Waals surface area contributed by atoms with Gasteiger partial charge in [0.25, 0.3) is 0 Å². The van der Waals surface area contributed by atoms with E-state index in [1.54, 1.807) is 0 Å². The van der Waals surface area contributed by atoms with Crippen molar-refractivity contribution in [2.24, 2.45) is 0 Å². The number of aryl methyl sites for hydroxylation is 2. The molecule has 0 spiro atoms. The largest absolute Gasteiger partial charge is 0.396 e. The van der Waals surface area contributed by atoms with E-state index in [-0.39, 0.29) is 6.61 Å². The van der Waals surface area contributed by atoms with Crippen molar-refractivity contribution in [1.29, 1.82) is 0 Å². The summed E-state index contributed by atoms with van der Waals surface area (Å²) in [7, 11) is 0. The minimum atomic E-state index is 0.275. The van der Waals surface area contributed by atoms with Gasteiger partial charge in [-0.3, -0.25) is 9.58 Å². The molecule has 1 N–H and O–H groups in total. The number of hydrogen-bond acceptors (Lipinski definition) is 3. The zero-order chi connectivity index (χ0) is 14.5. The Bertz CT molecular complexity index is 429. The van der Waals surface area contributed by atoms with Crippen molar-refractivity contribution in [3.63, 3.8) is 0 Å². The van der Waals surface area contributed by atoms with E-state index in [9.17, 15) is 0 Å². The van der Waals surface area contributed by atoms with Crippen molar-refractivity contribution in [3.05, 3.63) is 15.9 Å². The van der Waals surface area contributed by atoms with E-state index in [0.29, 0.717) is 6.04 Å². The molecule has 0 saturated heterocycles. The molecule has 0 bridgehead atoms. The van der Waals surface area contributed by atoms with Gasteiger partial charge in [-0.15, -0.1) is 0 Å². The number of aliphatic hydroxyl groups is 1. The van der Waals surface area contributed by atoms with Crippen LogP contribution in [0, 0.1) is 0 Å². The second-order valence-electron chi connectivity index (χ2n) is 5.51. The molecular weight excluding hydrogens is 318 g/mol. The highest BCUT2D eigenvalue weighted by Gasteiger charge is 2.26. The van der Waals surface area contributed by atoms with E-state index in [1.807, 2.05) is 0 Å². The monoisotopic (exact) mass is 343 g/mol. The number of halogens is 1. The van der Waals surface area contributed by atoms with E-state index in [4.69, 9.17) is 5.11 Å². The Morgan fingerprint density at radius 1 is 1.40 bits per heavy atom. The Kier molecular flexibility index (Phi) is 6.05. The predicted molar refractivity (Wildman–Crippen MR) is 84.7 cm³/mol. The first-order valence-corrected chi connectivity index (χ1v) is 8.59. The molecule has 0 aliphatic heterocycles. The Balaban J connectivity index is 2.14. The van der Waals surface area contributed by atoms with Crippen molar-refractivity contribution in [1.82, 2.24) is 14.7 Å². The van der Waals surface area contributed by atoms with Gasteiger partial charge in [-0.2, -0.15) is 5.10 Å². The topological polar surface area (TPSA) is 41.3 Å². The lowest BCUT2D eigenvalue weighted by molar-refractivity contribution is 0.106. The zero-order valence-corrected chi connectivity index (χ0v) is 14.2. The number of hydrogen-bond donors (Lipinski definition) is 1. The summed E-state index contributed by atoms with van der Waals surface area (Å²) in [5.74, 6) is 0. The molecule has 0 amide bonds. The minimum Gasteiger partial charge on any atom is -0.396 e. The molecule has 20 heavy (non-hydrogen) atoms. The van der Waals surface area contributed by atoms with Crippen LogP contribution in [0.5, 0.6) is 0 Å². The van der Waals surface area contributed by atoms with Gasteiger partial charge in [0.05, 0.1) is 15.9 Å². The van der Waals surface area contributed by atoms with E-state index < -0.39 is 0 Å². The van der Waals surface area contributed by atoms with Crippen LogP contribution in [0.2, 0.25) is 0 Å². The molecule has 0 aromatic carbocycles. The molecule has 2 rings (SSSR count). The average molecular weight is 344 g/mol. The van der Waals surface area contributed by atoms with Crippen LogP contribution in [0.15, 0.2) is 4.47 Å². The molecular formula is C15H26BrN3O. The summed E-state index contributed by atoms with van der Waals surface area (Å²) in [6.07, 6.45) is 5.75. The molecule has 0 atom stereocenters. The molecule has 1 aromatic rings. The Morgan fingerprint density at radius 2 is 2.15 bits per heavy atom. The first kappa shape index (κ1) is 16.0. The molecule has 1 heterocycles. The Morgan fingerprint density at radius 3 is 2.65 bits per heavy atom. The van der Waals surface area contributed by atoms with Crippen LogP contribution in [0.1, 0.15) is 50.9 Å². The molecule has 0 unspecified atom stereocenters. The molecule has 1 saturated carbocycles. The summed E-state index contributed by atoms with van der Waals surface area (Å²) >= 11 is 3.73. The lowest BCUT2D eigenvalue weighted by Crippen LogP contribution is -2.41. The molecule has 1 aliphatic rings. The number of aliphatic hydroxyl groups excluding tert-OH is 1. The van der Waals surface area contributed by atoms with E-state index in [0.717, 1.165) is 38.2 Å². The van der Waals surface area contributed by atoms with Gasteiger partial charge in [0, 0.05) is 32.3 Å². The lowest BCUT2D eigenvalue weighted by atomic mass is 9.91. The third-order valence-electron chi connectivity index (χ3n) is 4.24. The summed E-state index contributed by atoms with van der Waals surface area (Å²) in [5.41, 5.74) is 2.44. The number of rotatable bonds is 8. The lowest BCUT2D eigenvalue weighted by Gasteiger charge is -2.37. The maximum absolute atomic E-state index is 9.10. The fourth-order valence-electron chi connectivity index (χ4n) is 2.78. The fraction of sp³-hybridized carbons (Fsp3) is 0.800. The van der Waals surface area contributed by atoms with Crippen molar-refractivity contribution >= 4 is 15.9 Å². The zero-order valence-electron chi connectivity index (χ0n) is 12.6. The third-order valence-corrected chi connectivity index (χ3v) is 5.16. The highest BCUT2D eigenvalue weighted by Crippen LogP contribution is 2.29. The minimum absolute atomic E-state index is 0.275. The highest BCUT2D eigenvalue weighted by molar-refractivity contribution is 9.10. The van der Waals surface area contributed by atoms with Crippen molar-refractivity contribution in [3.8, 4) is 0 Å². The van der Waals surface area contributed by atoms with E-state index in [1.165, 1.54) is 29.4 Å². The molecule has 5 heteroatoms. The Hall–Kier alpha value is -0.390. The molecule has 0 radical (unpaired) electrons. The average Bonchev–Trinajstić information content (AvgIpc) is 2.70. The van der Waals surface area contributed by atoms with Crippen molar-refractivity contribution in [2.75, 3.05) is 13.2 Å². The molecule has 1 fully saturated rings. The smallest absolute Gasteiger partial charge is 0.0767 e. The van der Waals surface area contributed by atoms with E-state index >= 15 is 0 Å². The van der Waals surface area contributed by atoms with Gasteiger partial charge in [0.15, 0.2) is 0 Å². The van der Waals surface area contributed by atoms with Crippen LogP contribution >= 0.6 is 15.9 Å².